The molecule has 1 amide bonds. The van der Waals surface area contributed by atoms with Crippen LogP contribution in [0, 0.1) is 6.92 Å². The van der Waals surface area contributed by atoms with Gasteiger partial charge in [0.15, 0.2) is 0 Å². The minimum atomic E-state index is 0.250. The molecule has 3 rings (SSSR count). The van der Waals surface area contributed by atoms with Gasteiger partial charge < -0.3 is 9.80 Å². The Hall–Kier alpha value is -2.30. The van der Waals surface area contributed by atoms with E-state index >= 15 is 0 Å². The number of para-hydroxylation sites is 1. The van der Waals surface area contributed by atoms with E-state index in [4.69, 9.17) is 0 Å². The number of aryl methyl sites for hydroxylation is 2. The first-order valence-electron chi connectivity index (χ1n) is 8.73. The Balaban J connectivity index is 1.51. The number of amides is 1. The Morgan fingerprint density at radius 1 is 1.33 bits per heavy atom. The number of carbonyl (C=O) groups is 1. The van der Waals surface area contributed by atoms with E-state index in [0.29, 0.717) is 6.42 Å². The summed E-state index contributed by atoms with van der Waals surface area (Å²) in [7, 11) is 0. The Labute approximate surface area is 143 Å². The summed E-state index contributed by atoms with van der Waals surface area (Å²) in [6, 6.07) is 8.72. The topological polar surface area (TPSA) is 52.2 Å². The van der Waals surface area contributed by atoms with Crippen molar-refractivity contribution < 1.29 is 4.79 Å². The quantitative estimate of drug-likeness (QED) is 0.919. The molecule has 1 fully saturated rings. The average molecular weight is 326 g/mol. The maximum Gasteiger partial charge on any atom is 0.222 e. The number of nitrogens with one attached hydrogen (secondary N) is 1. The van der Waals surface area contributed by atoms with Gasteiger partial charge in [-0.25, -0.2) is 0 Å². The first kappa shape index (κ1) is 16.6. The molecule has 2 aromatic rings. The van der Waals surface area contributed by atoms with E-state index < -0.39 is 0 Å². The van der Waals surface area contributed by atoms with Crippen molar-refractivity contribution in [3.05, 3.63) is 47.8 Å². The summed E-state index contributed by atoms with van der Waals surface area (Å²) in [4.78, 5) is 17.0. The standard InChI is InChI=1S/C19H26N4O/c1-15-6-3-4-8-18(15)22-10-11-23(16(2)14-22)19(24)9-5-7-17-12-20-21-13-17/h3-4,6,8,12-13,16H,5,7,9-11,14H2,1-2H3,(H,20,21)/t16-/m0/s1. The molecule has 0 saturated carbocycles. The number of nitrogens with zero attached hydrogens (tertiary/aromatic N) is 3. The fourth-order valence-corrected chi connectivity index (χ4v) is 3.47. The van der Waals surface area contributed by atoms with Crippen LogP contribution >= 0.6 is 0 Å². The zero-order valence-electron chi connectivity index (χ0n) is 14.5. The lowest BCUT2D eigenvalue weighted by Crippen LogP contribution is -2.54. The Morgan fingerprint density at radius 3 is 2.88 bits per heavy atom. The minimum Gasteiger partial charge on any atom is -0.367 e. The van der Waals surface area contributed by atoms with Crippen molar-refractivity contribution in [1.82, 2.24) is 15.1 Å². The van der Waals surface area contributed by atoms with Gasteiger partial charge in [-0.1, -0.05) is 18.2 Å². The van der Waals surface area contributed by atoms with E-state index in [1.165, 1.54) is 16.8 Å². The highest BCUT2D eigenvalue weighted by atomic mass is 16.2. The van der Waals surface area contributed by atoms with Gasteiger partial charge in [-0.15, -0.1) is 0 Å². The number of benzene rings is 1. The van der Waals surface area contributed by atoms with Crippen molar-refractivity contribution in [2.24, 2.45) is 0 Å². The molecule has 1 aliphatic rings. The Bertz CT molecular complexity index is 668. The zero-order chi connectivity index (χ0) is 16.9. The molecule has 0 unspecified atom stereocenters. The summed E-state index contributed by atoms with van der Waals surface area (Å²) in [6.45, 7) is 6.91. The van der Waals surface area contributed by atoms with Gasteiger partial charge in [0.25, 0.3) is 0 Å². The maximum atomic E-state index is 12.5. The van der Waals surface area contributed by atoms with Crippen LogP contribution < -0.4 is 4.90 Å². The smallest absolute Gasteiger partial charge is 0.222 e. The third-order valence-electron chi connectivity index (χ3n) is 4.81. The van der Waals surface area contributed by atoms with Crippen LogP contribution in [0.2, 0.25) is 0 Å². The first-order chi connectivity index (χ1) is 11.6. The number of piperazine rings is 1. The summed E-state index contributed by atoms with van der Waals surface area (Å²) < 4.78 is 0. The lowest BCUT2D eigenvalue weighted by molar-refractivity contribution is -0.133. The van der Waals surface area contributed by atoms with E-state index in [0.717, 1.165) is 32.5 Å². The summed E-state index contributed by atoms with van der Waals surface area (Å²) in [6.07, 6.45) is 6.12. The average Bonchev–Trinajstić information content (AvgIpc) is 3.08. The second-order valence-corrected chi connectivity index (χ2v) is 6.63. The highest BCUT2D eigenvalue weighted by Crippen LogP contribution is 2.23. The molecule has 5 heteroatoms. The van der Waals surface area contributed by atoms with Crippen LogP contribution in [-0.2, 0) is 11.2 Å². The third kappa shape index (κ3) is 3.78. The molecule has 1 aromatic carbocycles. The fourth-order valence-electron chi connectivity index (χ4n) is 3.47. The number of hydrogen-bond donors (Lipinski definition) is 1. The van der Waals surface area contributed by atoms with Gasteiger partial charge in [0.2, 0.25) is 5.91 Å². The van der Waals surface area contributed by atoms with Gasteiger partial charge in [0.1, 0.15) is 0 Å². The van der Waals surface area contributed by atoms with Crippen LogP contribution in [-0.4, -0.2) is 46.7 Å². The molecule has 1 aliphatic heterocycles. The largest absolute Gasteiger partial charge is 0.367 e. The monoisotopic (exact) mass is 326 g/mol. The van der Waals surface area contributed by atoms with Gasteiger partial charge in [-0.3, -0.25) is 9.89 Å². The van der Waals surface area contributed by atoms with Gasteiger partial charge >= 0.3 is 0 Å². The number of aromatic nitrogens is 2. The summed E-state index contributed by atoms with van der Waals surface area (Å²) in [5.41, 5.74) is 3.75. The summed E-state index contributed by atoms with van der Waals surface area (Å²) in [5, 5.41) is 6.75. The molecule has 1 saturated heterocycles. The molecule has 1 N–H and O–H groups in total. The first-order valence-corrected chi connectivity index (χ1v) is 8.73. The Morgan fingerprint density at radius 2 is 2.17 bits per heavy atom. The van der Waals surface area contributed by atoms with Gasteiger partial charge in [-0.2, -0.15) is 5.10 Å². The fraction of sp³-hybridized carbons (Fsp3) is 0.474. The molecule has 1 atom stereocenters. The molecular formula is C19H26N4O. The third-order valence-corrected chi connectivity index (χ3v) is 4.81. The number of carbonyl (C=O) groups excluding carboxylic acids is 1. The van der Waals surface area contributed by atoms with E-state index in [-0.39, 0.29) is 11.9 Å². The molecule has 0 spiro atoms. The summed E-state index contributed by atoms with van der Waals surface area (Å²) in [5.74, 6) is 0.274. The van der Waals surface area contributed by atoms with E-state index in [9.17, 15) is 4.79 Å². The normalized spacial score (nSPS) is 18.0. The highest BCUT2D eigenvalue weighted by Gasteiger charge is 2.27. The number of H-pyrrole nitrogens is 1. The van der Waals surface area contributed by atoms with Crippen molar-refractivity contribution in [3.8, 4) is 0 Å². The predicted molar refractivity (Wildman–Crippen MR) is 96.1 cm³/mol. The Kier molecular flexibility index (Phi) is 5.18. The molecule has 0 bridgehead atoms. The molecule has 24 heavy (non-hydrogen) atoms. The van der Waals surface area contributed by atoms with E-state index in [1.807, 2.05) is 17.3 Å². The van der Waals surface area contributed by atoms with E-state index in [1.54, 1.807) is 0 Å². The molecule has 128 valence electrons. The number of rotatable bonds is 5. The molecule has 5 nitrogen and oxygen atoms in total. The molecule has 0 radical (unpaired) electrons. The van der Waals surface area contributed by atoms with Crippen molar-refractivity contribution >= 4 is 11.6 Å². The predicted octanol–water partition coefficient (Wildman–Crippen LogP) is 2.78. The van der Waals surface area contributed by atoms with E-state index in [2.05, 4.69) is 53.2 Å². The van der Waals surface area contributed by atoms with Crippen molar-refractivity contribution in [3.63, 3.8) is 0 Å². The second kappa shape index (κ2) is 7.51. The van der Waals surface area contributed by atoms with Crippen molar-refractivity contribution in [1.29, 1.82) is 0 Å². The van der Waals surface area contributed by atoms with Gasteiger partial charge in [-0.05, 0) is 43.9 Å². The SMILES string of the molecule is Cc1ccccc1N1CCN(C(=O)CCCc2cn[nH]c2)[C@@H](C)C1. The molecular weight excluding hydrogens is 300 g/mol. The molecule has 0 aliphatic carbocycles. The molecule has 2 heterocycles. The second-order valence-electron chi connectivity index (χ2n) is 6.63. The van der Waals surface area contributed by atoms with Crippen LogP contribution in [0.4, 0.5) is 5.69 Å². The zero-order valence-corrected chi connectivity index (χ0v) is 14.5. The number of anilines is 1. The van der Waals surface area contributed by atoms with Crippen molar-refractivity contribution in [2.45, 2.75) is 39.2 Å². The van der Waals surface area contributed by atoms with Crippen LogP contribution in [0.1, 0.15) is 30.9 Å². The van der Waals surface area contributed by atoms with Crippen molar-refractivity contribution in [2.75, 3.05) is 24.5 Å². The number of hydrogen-bond acceptors (Lipinski definition) is 3. The van der Waals surface area contributed by atoms with Gasteiger partial charge in [0, 0.05) is 44.0 Å². The van der Waals surface area contributed by atoms with Crippen LogP contribution in [0.3, 0.4) is 0 Å². The minimum absolute atomic E-state index is 0.250. The lowest BCUT2D eigenvalue weighted by atomic mass is 10.1. The maximum absolute atomic E-state index is 12.5. The van der Waals surface area contributed by atoms with Crippen LogP contribution in [0.25, 0.3) is 0 Å². The summed E-state index contributed by atoms with van der Waals surface area (Å²) >= 11 is 0. The number of aromatic amines is 1. The van der Waals surface area contributed by atoms with Gasteiger partial charge in [0.05, 0.1) is 6.20 Å². The lowest BCUT2D eigenvalue weighted by Gasteiger charge is -2.41. The highest BCUT2D eigenvalue weighted by molar-refractivity contribution is 5.77. The van der Waals surface area contributed by atoms with Crippen LogP contribution in [0.15, 0.2) is 36.7 Å². The van der Waals surface area contributed by atoms with Crippen LogP contribution in [0.5, 0.6) is 0 Å². The molecule has 1 aromatic heterocycles.